The zero-order chi connectivity index (χ0) is 18.7. The molecule has 9 heteroatoms. The highest BCUT2D eigenvalue weighted by atomic mass is 32.1. The van der Waals surface area contributed by atoms with Gasteiger partial charge in [-0.05, 0) is 18.6 Å². The monoisotopic (exact) mass is 378 g/mol. The average Bonchev–Trinajstić information content (AvgIpc) is 3.02. The molecule has 1 aromatic carbocycles. The van der Waals surface area contributed by atoms with Gasteiger partial charge in [-0.3, -0.25) is 15.1 Å². The first-order chi connectivity index (χ1) is 12.3. The maximum Gasteiger partial charge on any atom is 0.416 e. The van der Waals surface area contributed by atoms with E-state index in [2.05, 4.69) is 20.3 Å². The van der Waals surface area contributed by atoms with Crippen LogP contribution in [-0.2, 0) is 12.6 Å². The molecule has 0 radical (unpaired) electrons. The van der Waals surface area contributed by atoms with E-state index in [4.69, 9.17) is 0 Å². The topological polar surface area (TPSA) is 67.8 Å². The van der Waals surface area contributed by atoms with Crippen LogP contribution in [0.5, 0.6) is 0 Å². The molecule has 1 N–H and O–H groups in total. The lowest BCUT2D eigenvalue weighted by molar-refractivity contribution is -0.137. The Labute approximate surface area is 151 Å². The molecule has 2 heterocycles. The minimum absolute atomic E-state index is 0.158. The van der Waals surface area contributed by atoms with Crippen molar-refractivity contribution >= 4 is 22.4 Å². The first kappa shape index (κ1) is 18.0. The molecule has 0 saturated carbocycles. The van der Waals surface area contributed by atoms with Crippen molar-refractivity contribution in [1.82, 2.24) is 15.0 Å². The van der Waals surface area contributed by atoms with E-state index < -0.39 is 17.6 Å². The number of aromatic nitrogens is 3. The Hall–Kier alpha value is -2.81. The smallest absolute Gasteiger partial charge is 0.296 e. The van der Waals surface area contributed by atoms with E-state index in [1.54, 1.807) is 13.0 Å². The highest BCUT2D eigenvalue weighted by molar-refractivity contribution is 7.15. The number of benzene rings is 1. The van der Waals surface area contributed by atoms with E-state index in [1.807, 2.05) is 0 Å². The van der Waals surface area contributed by atoms with Crippen molar-refractivity contribution in [3.63, 3.8) is 0 Å². The summed E-state index contributed by atoms with van der Waals surface area (Å²) in [5.74, 6) is -0.447. The van der Waals surface area contributed by atoms with Crippen molar-refractivity contribution < 1.29 is 18.0 Å². The number of nitrogens with one attached hydrogen (secondary N) is 1. The molecule has 0 fully saturated rings. The van der Waals surface area contributed by atoms with E-state index in [-0.39, 0.29) is 5.69 Å². The summed E-state index contributed by atoms with van der Waals surface area (Å²) in [5, 5.41) is 2.95. The normalized spacial score (nSPS) is 11.4. The summed E-state index contributed by atoms with van der Waals surface area (Å²) in [6.45, 7) is 1.76. The number of halogens is 3. The van der Waals surface area contributed by atoms with Gasteiger partial charge in [0, 0.05) is 23.7 Å². The predicted octanol–water partition coefficient (Wildman–Crippen LogP) is 4.10. The van der Waals surface area contributed by atoms with Gasteiger partial charge < -0.3 is 0 Å². The molecule has 0 saturated heterocycles. The Morgan fingerprint density at radius 1 is 1.15 bits per heavy atom. The molecule has 0 atom stereocenters. The number of carbonyl (C=O) groups is 1. The SMILES string of the molecule is Cc1cnc(C(=O)Nc2ncc(Cc3cccc(C(F)(F)F)c3)s2)cn1. The van der Waals surface area contributed by atoms with E-state index in [0.717, 1.165) is 17.0 Å². The van der Waals surface area contributed by atoms with Crippen LogP contribution in [0.4, 0.5) is 18.3 Å². The van der Waals surface area contributed by atoms with Crippen LogP contribution in [0, 0.1) is 6.92 Å². The van der Waals surface area contributed by atoms with Crippen molar-refractivity contribution in [1.29, 1.82) is 0 Å². The summed E-state index contributed by atoms with van der Waals surface area (Å²) in [4.78, 5) is 24.9. The van der Waals surface area contributed by atoms with E-state index in [0.29, 0.717) is 22.8 Å². The maximum atomic E-state index is 12.8. The molecule has 0 bridgehead atoms. The standard InChI is InChI=1S/C17H13F3N4OS/c1-10-7-22-14(9-21-10)15(25)24-16-23-8-13(26-16)6-11-3-2-4-12(5-11)17(18,19)20/h2-5,7-9H,6H2,1H3,(H,23,24,25). The van der Waals surface area contributed by atoms with Crippen molar-refractivity contribution in [2.24, 2.45) is 0 Å². The van der Waals surface area contributed by atoms with Crippen LogP contribution < -0.4 is 5.32 Å². The van der Waals surface area contributed by atoms with Gasteiger partial charge in [0.2, 0.25) is 0 Å². The van der Waals surface area contributed by atoms with Crippen LogP contribution >= 0.6 is 11.3 Å². The molecule has 0 aliphatic heterocycles. The largest absolute Gasteiger partial charge is 0.416 e. The minimum atomic E-state index is -4.38. The van der Waals surface area contributed by atoms with Crippen LogP contribution in [0.15, 0.2) is 42.9 Å². The van der Waals surface area contributed by atoms with Gasteiger partial charge in [-0.1, -0.05) is 18.2 Å². The van der Waals surface area contributed by atoms with Crippen LogP contribution in [-0.4, -0.2) is 20.9 Å². The number of carbonyl (C=O) groups excluding carboxylic acids is 1. The highest BCUT2D eigenvalue weighted by Crippen LogP contribution is 2.30. The summed E-state index contributed by atoms with van der Waals surface area (Å²) < 4.78 is 38.3. The quantitative estimate of drug-likeness (QED) is 0.742. The summed E-state index contributed by atoms with van der Waals surface area (Å²) in [6, 6.07) is 5.14. The molecule has 3 rings (SSSR count). The number of amides is 1. The maximum absolute atomic E-state index is 12.8. The number of rotatable bonds is 4. The molecule has 134 valence electrons. The number of anilines is 1. The van der Waals surface area contributed by atoms with Crippen LogP contribution in [0.1, 0.15) is 32.2 Å². The predicted molar refractivity (Wildman–Crippen MR) is 91.1 cm³/mol. The average molecular weight is 378 g/mol. The Balaban J connectivity index is 1.68. The van der Waals surface area contributed by atoms with Gasteiger partial charge in [-0.15, -0.1) is 11.3 Å². The number of alkyl halides is 3. The number of nitrogens with zero attached hydrogens (tertiary/aromatic N) is 3. The third-order valence-electron chi connectivity index (χ3n) is 3.42. The minimum Gasteiger partial charge on any atom is -0.296 e. The lowest BCUT2D eigenvalue weighted by Crippen LogP contribution is -2.13. The molecule has 3 aromatic rings. The molecule has 5 nitrogen and oxygen atoms in total. The van der Waals surface area contributed by atoms with E-state index in [1.165, 1.54) is 36.0 Å². The van der Waals surface area contributed by atoms with Crippen LogP contribution in [0.2, 0.25) is 0 Å². The summed E-state index contributed by atoms with van der Waals surface area (Å²) in [6.07, 6.45) is 0.290. The Morgan fingerprint density at radius 3 is 2.65 bits per heavy atom. The Kier molecular flexibility index (Phi) is 4.99. The van der Waals surface area contributed by atoms with E-state index >= 15 is 0 Å². The summed E-state index contributed by atoms with van der Waals surface area (Å²) in [7, 11) is 0. The zero-order valence-corrected chi connectivity index (χ0v) is 14.4. The molecular formula is C17H13F3N4OS. The molecule has 0 spiro atoms. The first-order valence-corrected chi connectivity index (χ1v) is 8.34. The number of thiazole rings is 1. The molecular weight excluding hydrogens is 365 g/mol. The molecule has 1 amide bonds. The van der Waals surface area contributed by atoms with Gasteiger partial charge in [0.05, 0.1) is 17.5 Å². The van der Waals surface area contributed by atoms with Crippen molar-refractivity contribution in [2.75, 3.05) is 5.32 Å². The fourth-order valence-electron chi connectivity index (χ4n) is 2.18. The zero-order valence-electron chi connectivity index (χ0n) is 13.5. The Morgan fingerprint density at radius 2 is 1.96 bits per heavy atom. The van der Waals surface area contributed by atoms with Gasteiger partial charge in [-0.2, -0.15) is 13.2 Å². The highest BCUT2D eigenvalue weighted by Gasteiger charge is 2.30. The number of hydrogen-bond donors (Lipinski definition) is 1. The van der Waals surface area contributed by atoms with Gasteiger partial charge in [0.25, 0.3) is 5.91 Å². The molecule has 0 aliphatic rings. The van der Waals surface area contributed by atoms with Gasteiger partial charge >= 0.3 is 6.18 Å². The third kappa shape index (κ3) is 4.42. The molecule has 2 aromatic heterocycles. The molecule has 0 aliphatic carbocycles. The first-order valence-electron chi connectivity index (χ1n) is 7.52. The van der Waals surface area contributed by atoms with E-state index in [9.17, 15) is 18.0 Å². The van der Waals surface area contributed by atoms with Crippen molar-refractivity contribution in [3.8, 4) is 0 Å². The number of hydrogen-bond acceptors (Lipinski definition) is 5. The molecule has 26 heavy (non-hydrogen) atoms. The van der Waals surface area contributed by atoms with Gasteiger partial charge in [-0.25, -0.2) is 9.97 Å². The summed E-state index contributed by atoms with van der Waals surface area (Å²) in [5.41, 5.74) is 0.682. The molecule has 0 unspecified atom stereocenters. The lowest BCUT2D eigenvalue weighted by Gasteiger charge is -2.07. The van der Waals surface area contributed by atoms with Gasteiger partial charge in [0.15, 0.2) is 5.13 Å². The second-order valence-corrected chi connectivity index (χ2v) is 6.62. The lowest BCUT2D eigenvalue weighted by atomic mass is 10.1. The second-order valence-electron chi connectivity index (χ2n) is 5.50. The van der Waals surface area contributed by atoms with Crippen LogP contribution in [0.25, 0.3) is 0 Å². The van der Waals surface area contributed by atoms with Crippen LogP contribution in [0.3, 0.4) is 0 Å². The summed E-state index contributed by atoms with van der Waals surface area (Å²) >= 11 is 1.19. The fourth-order valence-corrected chi connectivity index (χ4v) is 3.02. The fraction of sp³-hybridized carbons (Fsp3) is 0.176. The second kappa shape index (κ2) is 7.20. The third-order valence-corrected chi connectivity index (χ3v) is 4.33. The van der Waals surface area contributed by atoms with Gasteiger partial charge in [0.1, 0.15) is 5.69 Å². The Bertz CT molecular complexity index is 922. The van der Waals surface area contributed by atoms with Crippen molar-refractivity contribution in [3.05, 3.63) is 70.2 Å². The van der Waals surface area contributed by atoms with Crippen molar-refractivity contribution in [2.45, 2.75) is 19.5 Å². The number of aryl methyl sites for hydroxylation is 1.